The molecule has 31 heavy (non-hydrogen) atoms. The van der Waals surface area contributed by atoms with Crippen LogP contribution in [0.4, 0.5) is 5.69 Å². The zero-order chi connectivity index (χ0) is 22.2. The van der Waals surface area contributed by atoms with Gasteiger partial charge in [-0.3, -0.25) is 4.79 Å². The van der Waals surface area contributed by atoms with Crippen LogP contribution in [-0.2, 0) is 26.0 Å². The van der Waals surface area contributed by atoms with Crippen LogP contribution in [-0.4, -0.2) is 43.9 Å². The van der Waals surface area contributed by atoms with Crippen molar-refractivity contribution in [1.82, 2.24) is 4.31 Å². The molecular weight excluding hydrogens is 416 g/mol. The number of sulfonamides is 1. The van der Waals surface area contributed by atoms with Gasteiger partial charge in [0.1, 0.15) is 5.58 Å². The molecule has 1 fully saturated rings. The molecule has 2 atom stereocenters. The summed E-state index contributed by atoms with van der Waals surface area (Å²) in [5, 5.41) is 3.74. The summed E-state index contributed by atoms with van der Waals surface area (Å²) >= 11 is 0. The number of anilines is 1. The van der Waals surface area contributed by atoms with Crippen LogP contribution in [0.5, 0.6) is 0 Å². The molecule has 164 valence electrons. The van der Waals surface area contributed by atoms with E-state index in [1.807, 2.05) is 39.0 Å². The molecule has 1 saturated heterocycles. The SMILES string of the molecule is Cc1ccc2occ(CC(=O)Nc3ccc(S(=O)(=O)N4CC(C)OC(C)C4)cc3)c2c1. The number of hydrogen-bond acceptors (Lipinski definition) is 5. The largest absolute Gasteiger partial charge is 0.464 e. The predicted octanol–water partition coefficient (Wildman–Crippen LogP) is 3.72. The van der Waals surface area contributed by atoms with E-state index in [0.717, 1.165) is 22.1 Å². The summed E-state index contributed by atoms with van der Waals surface area (Å²) in [6.45, 7) is 6.36. The van der Waals surface area contributed by atoms with Crippen molar-refractivity contribution in [3.05, 3.63) is 59.9 Å². The van der Waals surface area contributed by atoms with E-state index >= 15 is 0 Å². The van der Waals surface area contributed by atoms with Gasteiger partial charge in [-0.15, -0.1) is 0 Å². The summed E-state index contributed by atoms with van der Waals surface area (Å²) < 4.78 is 38.5. The third kappa shape index (κ3) is 4.66. The molecule has 1 aromatic heterocycles. The topological polar surface area (TPSA) is 88.8 Å². The van der Waals surface area contributed by atoms with Gasteiger partial charge in [-0.05, 0) is 57.2 Å². The number of amides is 1. The molecule has 8 heteroatoms. The molecule has 0 saturated carbocycles. The van der Waals surface area contributed by atoms with Crippen molar-refractivity contribution < 1.29 is 22.4 Å². The fourth-order valence-electron chi connectivity index (χ4n) is 3.90. The van der Waals surface area contributed by atoms with E-state index in [1.54, 1.807) is 18.4 Å². The van der Waals surface area contributed by atoms with E-state index in [4.69, 9.17) is 9.15 Å². The number of rotatable bonds is 5. The Morgan fingerprint density at radius 3 is 2.45 bits per heavy atom. The van der Waals surface area contributed by atoms with E-state index in [-0.39, 0.29) is 29.4 Å². The molecule has 1 amide bonds. The van der Waals surface area contributed by atoms with Crippen LogP contribution in [0.25, 0.3) is 11.0 Å². The van der Waals surface area contributed by atoms with Gasteiger partial charge in [0.05, 0.1) is 29.8 Å². The second-order valence-electron chi connectivity index (χ2n) is 8.09. The summed E-state index contributed by atoms with van der Waals surface area (Å²) in [4.78, 5) is 12.7. The number of nitrogens with one attached hydrogen (secondary N) is 1. The lowest BCUT2D eigenvalue weighted by Crippen LogP contribution is -2.48. The number of nitrogens with zero attached hydrogens (tertiary/aromatic N) is 1. The average Bonchev–Trinajstić information content (AvgIpc) is 3.09. The predicted molar refractivity (Wildman–Crippen MR) is 118 cm³/mol. The molecule has 1 aliphatic rings. The summed E-state index contributed by atoms with van der Waals surface area (Å²) in [5.41, 5.74) is 3.19. The Balaban J connectivity index is 1.44. The van der Waals surface area contributed by atoms with E-state index in [2.05, 4.69) is 5.32 Å². The lowest BCUT2D eigenvalue weighted by molar-refractivity contribution is -0.115. The first-order chi connectivity index (χ1) is 14.7. The smallest absolute Gasteiger partial charge is 0.243 e. The maximum Gasteiger partial charge on any atom is 0.243 e. The highest BCUT2D eigenvalue weighted by Gasteiger charge is 2.32. The van der Waals surface area contributed by atoms with Gasteiger partial charge >= 0.3 is 0 Å². The van der Waals surface area contributed by atoms with Gasteiger partial charge in [-0.1, -0.05) is 11.6 Å². The molecule has 2 unspecified atom stereocenters. The maximum atomic E-state index is 12.9. The molecule has 2 aromatic carbocycles. The molecule has 0 bridgehead atoms. The molecule has 3 aromatic rings. The first-order valence-corrected chi connectivity index (χ1v) is 11.7. The lowest BCUT2D eigenvalue weighted by atomic mass is 10.1. The minimum absolute atomic E-state index is 0.153. The van der Waals surface area contributed by atoms with Gasteiger partial charge in [0.2, 0.25) is 15.9 Å². The van der Waals surface area contributed by atoms with Crippen molar-refractivity contribution in [3.63, 3.8) is 0 Å². The summed E-state index contributed by atoms with van der Waals surface area (Å²) in [7, 11) is -3.61. The van der Waals surface area contributed by atoms with E-state index in [9.17, 15) is 13.2 Å². The van der Waals surface area contributed by atoms with Crippen molar-refractivity contribution >= 4 is 32.6 Å². The minimum Gasteiger partial charge on any atom is -0.464 e. The Hall–Kier alpha value is -2.68. The van der Waals surface area contributed by atoms with Crippen LogP contribution in [0.2, 0.25) is 0 Å². The molecule has 0 aliphatic carbocycles. The second-order valence-corrected chi connectivity index (χ2v) is 10.0. The highest BCUT2D eigenvalue weighted by molar-refractivity contribution is 7.89. The first-order valence-electron chi connectivity index (χ1n) is 10.2. The van der Waals surface area contributed by atoms with Gasteiger partial charge in [-0.25, -0.2) is 8.42 Å². The Kier molecular flexibility index (Phi) is 5.88. The van der Waals surface area contributed by atoms with E-state index in [1.165, 1.54) is 16.4 Å². The van der Waals surface area contributed by atoms with Crippen molar-refractivity contribution in [2.24, 2.45) is 0 Å². The number of carbonyl (C=O) groups excluding carboxylic acids is 1. The van der Waals surface area contributed by atoms with Gasteiger partial charge in [0.15, 0.2) is 0 Å². The summed E-state index contributed by atoms with van der Waals surface area (Å²) in [5.74, 6) is -0.198. The normalized spacial score (nSPS) is 20.1. The molecule has 1 N–H and O–H groups in total. The zero-order valence-electron chi connectivity index (χ0n) is 17.8. The number of fused-ring (bicyclic) bond motifs is 1. The molecule has 7 nitrogen and oxygen atoms in total. The minimum atomic E-state index is -3.61. The fraction of sp³-hybridized carbons (Fsp3) is 0.348. The number of ether oxygens (including phenoxy) is 1. The Morgan fingerprint density at radius 2 is 1.77 bits per heavy atom. The van der Waals surface area contributed by atoms with Crippen molar-refractivity contribution in [2.45, 2.75) is 44.3 Å². The highest BCUT2D eigenvalue weighted by Crippen LogP contribution is 2.24. The van der Waals surface area contributed by atoms with Crippen LogP contribution < -0.4 is 5.32 Å². The third-order valence-corrected chi connectivity index (χ3v) is 7.17. The van der Waals surface area contributed by atoms with Crippen LogP contribution in [0, 0.1) is 6.92 Å². The number of aryl methyl sites for hydroxylation is 1. The standard InChI is InChI=1S/C23H26N2O5S/c1-15-4-9-22-21(10-15)18(14-29-22)11-23(26)24-19-5-7-20(8-6-19)31(27,28)25-12-16(2)30-17(3)13-25/h4-10,14,16-17H,11-13H2,1-3H3,(H,24,26). The number of morpholine rings is 1. The number of furan rings is 1. The quantitative estimate of drug-likeness (QED) is 0.651. The summed E-state index contributed by atoms with van der Waals surface area (Å²) in [6, 6.07) is 12.1. The number of carbonyl (C=O) groups is 1. The lowest BCUT2D eigenvalue weighted by Gasteiger charge is -2.34. The van der Waals surface area contributed by atoms with Crippen molar-refractivity contribution in [2.75, 3.05) is 18.4 Å². The first kappa shape index (κ1) is 21.5. The van der Waals surface area contributed by atoms with Gasteiger partial charge in [-0.2, -0.15) is 4.31 Å². The Labute approximate surface area is 182 Å². The average molecular weight is 443 g/mol. The molecular formula is C23H26N2O5S. The van der Waals surface area contributed by atoms with E-state index in [0.29, 0.717) is 18.8 Å². The third-order valence-electron chi connectivity index (χ3n) is 5.32. The van der Waals surface area contributed by atoms with E-state index < -0.39 is 10.0 Å². The van der Waals surface area contributed by atoms with Gasteiger partial charge < -0.3 is 14.5 Å². The Morgan fingerprint density at radius 1 is 1.10 bits per heavy atom. The van der Waals surface area contributed by atoms with Crippen molar-refractivity contribution in [3.8, 4) is 0 Å². The molecule has 2 heterocycles. The van der Waals surface area contributed by atoms with Crippen molar-refractivity contribution in [1.29, 1.82) is 0 Å². The monoisotopic (exact) mass is 442 g/mol. The van der Waals surface area contributed by atoms with Crippen LogP contribution in [0.15, 0.2) is 58.0 Å². The van der Waals surface area contributed by atoms with Gasteiger partial charge in [0.25, 0.3) is 0 Å². The van der Waals surface area contributed by atoms with Crippen LogP contribution in [0.1, 0.15) is 25.0 Å². The molecule has 0 spiro atoms. The maximum absolute atomic E-state index is 12.9. The van der Waals surface area contributed by atoms with Gasteiger partial charge in [0, 0.05) is 29.7 Å². The number of benzene rings is 2. The van der Waals surface area contributed by atoms with Crippen LogP contribution in [0.3, 0.4) is 0 Å². The molecule has 0 radical (unpaired) electrons. The zero-order valence-corrected chi connectivity index (χ0v) is 18.6. The fourth-order valence-corrected chi connectivity index (χ4v) is 5.49. The molecule has 4 rings (SSSR count). The Bertz CT molecular complexity index is 1190. The van der Waals surface area contributed by atoms with Crippen LogP contribution >= 0.6 is 0 Å². The number of hydrogen-bond donors (Lipinski definition) is 1. The second kappa shape index (κ2) is 8.45. The highest BCUT2D eigenvalue weighted by atomic mass is 32.2. The molecule has 1 aliphatic heterocycles. The summed E-state index contributed by atoms with van der Waals surface area (Å²) in [6.07, 6.45) is 1.46.